The van der Waals surface area contributed by atoms with Crippen LogP contribution in [0.2, 0.25) is 10.0 Å². The van der Waals surface area contributed by atoms with Crippen LogP contribution in [0, 0.1) is 11.3 Å². The zero-order valence-electron chi connectivity index (χ0n) is 32.5. The highest BCUT2D eigenvalue weighted by Crippen LogP contribution is 2.35. The number of carbonyl (C=O) groups is 4. The summed E-state index contributed by atoms with van der Waals surface area (Å²) in [6, 6.07) is 23.8. The Bertz CT molecular complexity index is 2420. The first-order valence-corrected chi connectivity index (χ1v) is 22.5. The Morgan fingerprint density at radius 2 is 1.58 bits per heavy atom. The maximum absolute atomic E-state index is 13.9. The fourth-order valence-corrected chi connectivity index (χ4v) is 8.55. The topological polar surface area (TPSA) is 249 Å². The Morgan fingerprint density at radius 1 is 0.967 bits per heavy atom. The number of amides is 1. The van der Waals surface area contributed by atoms with E-state index in [-0.39, 0.29) is 29.3 Å². The predicted molar refractivity (Wildman–Crippen MR) is 225 cm³/mol. The third-order valence-corrected chi connectivity index (χ3v) is 12.0. The summed E-state index contributed by atoms with van der Waals surface area (Å²) in [5, 5.41) is 48.5. The highest BCUT2D eigenvalue weighted by molar-refractivity contribution is 7.86. The summed E-state index contributed by atoms with van der Waals surface area (Å²) in [6.45, 7) is 2.75. The molecule has 4 aromatic rings. The number of likely N-dealkylation sites (tertiary alicyclic amines) is 1. The second kappa shape index (κ2) is 20.9. The molecule has 1 aliphatic rings. The normalized spacial score (nSPS) is 14.5. The van der Waals surface area contributed by atoms with Crippen LogP contribution in [0.4, 0.5) is 0 Å². The van der Waals surface area contributed by atoms with E-state index >= 15 is 0 Å². The van der Waals surface area contributed by atoms with E-state index in [1.807, 2.05) is 30.3 Å². The van der Waals surface area contributed by atoms with Crippen molar-refractivity contribution in [3.8, 4) is 11.8 Å². The fourth-order valence-electron chi connectivity index (χ4n) is 6.93. The van der Waals surface area contributed by atoms with E-state index in [4.69, 9.17) is 47.8 Å². The smallest absolute Gasteiger partial charge is 0.336 e. The number of carboxylic acids is 3. The Kier molecular flexibility index (Phi) is 16.6. The molecule has 1 amide bonds. The van der Waals surface area contributed by atoms with E-state index < -0.39 is 63.2 Å². The molecule has 1 saturated heterocycles. The number of benzene rings is 4. The third-order valence-electron chi connectivity index (χ3n) is 9.84. The second-order valence-corrected chi connectivity index (χ2v) is 17.9. The first-order valence-electron chi connectivity index (χ1n) is 18.4. The summed E-state index contributed by atoms with van der Waals surface area (Å²) in [5.74, 6) is -5.68. The van der Waals surface area contributed by atoms with E-state index in [9.17, 15) is 37.1 Å². The molecule has 0 radical (unpaired) electrons. The Labute approximate surface area is 359 Å². The summed E-state index contributed by atoms with van der Waals surface area (Å²) in [7, 11) is -5.09. The second-order valence-electron chi connectivity index (χ2n) is 14.2. The zero-order valence-corrected chi connectivity index (χ0v) is 35.6. The maximum atomic E-state index is 13.9. The van der Waals surface area contributed by atoms with Gasteiger partial charge in [-0.05, 0) is 91.0 Å². The van der Waals surface area contributed by atoms with Crippen LogP contribution in [-0.4, -0.2) is 106 Å². The van der Waals surface area contributed by atoms with Gasteiger partial charge in [0.15, 0.2) is 11.4 Å². The zero-order chi connectivity index (χ0) is 44.4. The molecule has 60 heavy (non-hydrogen) atoms. The van der Waals surface area contributed by atoms with E-state index in [0.717, 1.165) is 54.8 Å². The predicted octanol–water partition coefficient (Wildman–Crippen LogP) is 5.63. The summed E-state index contributed by atoms with van der Waals surface area (Å²) < 4.78 is 41.9. The Balaban J connectivity index is 0.000000526. The number of nitrogens with zero attached hydrogens (tertiary/aromatic N) is 2. The lowest BCUT2D eigenvalue weighted by molar-refractivity contribution is -0.170. The molecule has 0 saturated carbocycles. The molecule has 4 aromatic carbocycles. The molecule has 0 aromatic heterocycles. The van der Waals surface area contributed by atoms with Gasteiger partial charge in [0.05, 0.1) is 51.1 Å². The van der Waals surface area contributed by atoms with Crippen molar-refractivity contribution >= 4 is 78.7 Å². The van der Waals surface area contributed by atoms with Gasteiger partial charge >= 0.3 is 28.0 Å². The van der Waals surface area contributed by atoms with Crippen molar-refractivity contribution in [3.63, 3.8) is 0 Å². The lowest BCUT2D eigenvalue weighted by Gasteiger charge is -2.33. The fraction of sp³-hybridized carbons (Fsp3) is 0.341. The number of carboxylic acid groups (broad SMARTS) is 3. The summed E-state index contributed by atoms with van der Waals surface area (Å²) in [5.41, 5.74) is -0.754. The van der Waals surface area contributed by atoms with Crippen molar-refractivity contribution in [1.29, 1.82) is 5.26 Å². The third kappa shape index (κ3) is 13.0. The van der Waals surface area contributed by atoms with Gasteiger partial charge in [0.25, 0.3) is 5.91 Å². The summed E-state index contributed by atoms with van der Waals surface area (Å²) >= 11 is 12.6. The molecule has 0 bridgehead atoms. The number of nitrogens with one attached hydrogen (secondary N) is 1. The lowest BCUT2D eigenvalue weighted by atomic mass is 9.88. The van der Waals surface area contributed by atoms with Crippen LogP contribution in [0.1, 0.15) is 71.0 Å². The molecule has 0 aliphatic carbocycles. The van der Waals surface area contributed by atoms with Crippen molar-refractivity contribution in [2.45, 2.75) is 54.4 Å². The molecular weight excluding hydrogens is 862 g/mol. The number of piperidine rings is 1. The van der Waals surface area contributed by atoms with Crippen molar-refractivity contribution in [1.82, 2.24) is 10.2 Å². The number of halogens is 2. The van der Waals surface area contributed by atoms with E-state index in [0.29, 0.717) is 33.2 Å². The highest BCUT2D eigenvalue weighted by atomic mass is 35.5. The van der Waals surface area contributed by atoms with Crippen LogP contribution >= 0.6 is 23.2 Å². The lowest BCUT2D eigenvalue weighted by Crippen LogP contribution is -2.42. The molecule has 1 aliphatic heterocycles. The molecule has 1 heterocycles. The van der Waals surface area contributed by atoms with E-state index in [1.54, 1.807) is 42.7 Å². The molecule has 1 fully saturated rings. The highest BCUT2D eigenvalue weighted by Gasteiger charge is 2.41. The molecule has 2 atom stereocenters. The minimum atomic E-state index is -4.05. The average Bonchev–Trinajstić information content (AvgIpc) is 3.18. The first kappa shape index (κ1) is 47.6. The van der Waals surface area contributed by atoms with Crippen LogP contribution < -0.4 is 9.50 Å². The minimum absolute atomic E-state index is 0.0201. The van der Waals surface area contributed by atoms with Crippen molar-refractivity contribution in [2.75, 3.05) is 38.7 Å². The number of rotatable bonds is 16. The Morgan fingerprint density at radius 3 is 2.15 bits per heavy atom. The van der Waals surface area contributed by atoms with Crippen molar-refractivity contribution in [3.05, 3.63) is 105 Å². The van der Waals surface area contributed by atoms with Gasteiger partial charge in [-0.2, -0.15) is 13.7 Å². The quantitative estimate of drug-likeness (QED) is 0.0856. The molecular formula is C41H43Cl2N3O12S2. The number of hydrogen-bond acceptors (Lipinski definition) is 11. The van der Waals surface area contributed by atoms with Crippen LogP contribution in [0.25, 0.3) is 10.8 Å². The number of aliphatic hydroxyl groups is 1. The average molecular weight is 905 g/mol. The first-order chi connectivity index (χ1) is 28.2. The Hall–Kier alpha value is -5.09. The minimum Gasteiger partial charge on any atom is -0.481 e. The van der Waals surface area contributed by atoms with Gasteiger partial charge in [-0.3, -0.25) is 18.6 Å². The molecule has 19 heteroatoms. The van der Waals surface area contributed by atoms with Crippen LogP contribution in [0.5, 0.6) is 5.75 Å². The van der Waals surface area contributed by atoms with Crippen molar-refractivity contribution < 1.29 is 56.4 Å². The molecule has 5 N–H and O–H groups in total. The van der Waals surface area contributed by atoms with Gasteiger partial charge in [0.2, 0.25) is 0 Å². The van der Waals surface area contributed by atoms with Gasteiger partial charge in [-0.25, -0.2) is 4.79 Å². The monoisotopic (exact) mass is 903 g/mol. The van der Waals surface area contributed by atoms with E-state index in [2.05, 4.69) is 16.3 Å². The van der Waals surface area contributed by atoms with Crippen molar-refractivity contribution in [2.24, 2.45) is 0 Å². The standard InChI is InChI=1S/C35H35Cl2N3O5S2.C6H8O7/c1-46(42)32-10-6-5-8-28(32)23-13-16-40(17-14-23)18-15-26(24-11-12-30(36)31(37)20-24)22-39-35(41)33-29-9-4-3-7-25(29)19-27(21-38)34(33)45-47(2,43)44;7-3(8)1-6(13,5(11)12)2-4(9)10/h3-12,19-20,23,26H,13-18,22H2,1-2H3,(H,39,41);13H,1-2H2,(H,7,8)(H,9,10)(H,11,12)/t26-,46?;/m1./s1. The SMILES string of the molecule is CS(=O)c1ccccc1C1CCN(CC[C@H](CNC(=O)c2c(OS(C)(=O)=O)c(C#N)cc3ccccc23)c2ccc(Cl)c(Cl)c2)CC1.O=C(O)CC(O)(CC(=O)O)C(=O)O. The van der Waals surface area contributed by atoms with E-state index in [1.165, 1.54) is 6.07 Å². The molecule has 1 unspecified atom stereocenters. The van der Waals surface area contributed by atoms with Crippen LogP contribution in [-0.2, 0) is 35.3 Å². The molecule has 320 valence electrons. The summed E-state index contributed by atoms with van der Waals surface area (Å²) in [6.07, 6.45) is 2.91. The number of carbonyl (C=O) groups excluding carboxylic acids is 1. The number of aliphatic carboxylic acids is 3. The van der Waals surface area contributed by atoms with Crippen LogP contribution in [0.3, 0.4) is 0 Å². The molecule has 0 spiro atoms. The molecule has 5 rings (SSSR count). The van der Waals surface area contributed by atoms with Gasteiger partial charge in [0.1, 0.15) is 6.07 Å². The van der Waals surface area contributed by atoms with Crippen LogP contribution in [0.15, 0.2) is 77.7 Å². The number of nitriles is 1. The largest absolute Gasteiger partial charge is 0.481 e. The van der Waals surface area contributed by atoms with Gasteiger partial charge in [-0.15, -0.1) is 0 Å². The number of hydrogen-bond donors (Lipinski definition) is 5. The molecule has 15 nitrogen and oxygen atoms in total. The summed E-state index contributed by atoms with van der Waals surface area (Å²) in [4.78, 5) is 47.7. The van der Waals surface area contributed by atoms with Gasteiger partial charge in [-0.1, -0.05) is 71.7 Å². The van der Waals surface area contributed by atoms with Gasteiger partial charge in [0, 0.05) is 23.6 Å². The number of fused-ring (bicyclic) bond motifs is 1. The van der Waals surface area contributed by atoms with Gasteiger partial charge < -0.3 is 34.8 Å². The maximum Gasteiger partial charge on any atom is 0.336 e.